The Balaban J connectivity index is 1.85. The first-order valence-electron chi connectivity index (χ1n) is 4.99. The zero-order valence-electron chi connectivity index (χ0n) is 7.56. The van der Waals surface area contributed by atoms with E-state index in [1.807, 2.05) is 18.5 Å². The van der Waals surface area contributed by atoms with Crippen molar-refractivity contribution in [3.05, 3.63) is 18.5 Å². The Kier molecular flexibility index (Phi) is 1.51. The first-order chi connectivity index (χ1) is 6.45. The average molecular weight is 175 g/mol. The van der Waals surface area contributed by atoms with Gasteiger partial charge in [0.2, 0.25) is 5.95 Å². The first kappa shape index (κ1) is 7.30. The smallest absolute Gasteiger partial charge is 0.225 e. The fourth-order valence-corrected chi connectivity index (χ4v) is 2.30. The molecule has 2 fully saturated rings. The van der Waals surface area contributed by atoms with Gasteiger partial charge < -0.3 is 4.90 Å². The summed E-state index contributed by atoms with van der Waals surface area (Å²) in [5.74, 6) is 1.87. The van der Waals surface area contributed by atoms with Gasteiger partial charge in [0.1, 0.15) is 0 Å². The summed E-state index contributed by atoms with van der Waals surface area (Å²) in [5.41, 5.74) is 0. The molecule has 3 nitrogen and oxygen atoms in total. The van der Waals surface area contributed by atoms with Gasteiger partial charge in [0.25, 0.3) is 0 Å². The van der Waals surface area contributed by atoms with Gasteiger partial charge in [-0.15, -0.1) is 0 Å². The van der Waals surface area contributed by atoms with Crippen molar-refractivity contribution < 1.29 is 0 Å². The summed E-state index contributed by atoms with van der Waals surface area (Å²) < 4.78 is 0. The van der Waals surface area contributed by atoms with E-state index in [9.17, 15) is 0 Å². The van der Waals surface area contributed by atoms with E-state index >= 15 is 0 Å². The van der Waals surface area contributed by atoms with Crippen molar-refractivity contribution in [3.63, 3.8) is 0 Å². The van der Waals surface area contributed by atoms with E-state index < -0.39 is 0 Å². The highest BCUT2D eigenvalue weighted by molar-refractivity contribution is 5.35. The molecule has 0 radical (unpaired) electrons. The van der Waals surface area contributed by atoms with Gasteiger partial charge in [-0.1, -0.05) is 0 Å². The number of hydrogen-bond donors (Lipinski definition) is 0. The standard InChI is InChI=1S/C10H13N3/c1-3-8-7-9(8)13(6-1)10-11-4-2-5-12-10/h2,4-5,8-9H,1,3,6-7H2/t8-,9+/m1/s1. The SMILES string of the molecule is c1cnc(N2CCC[C@@H]3C[C@@H]32)nc1. The second-order valence-electron chi connectivity index (χ2n) is 3.95. The van der Waals surface area contributed by atoms with E-state index in [1.54, 1.807) is 0 Å². The molecule has 2 heterocycles. The molecule has 1 aromatic heterocycles. The van der Waals surface area contributed by atoms with Gasteiger partial charge in [0.15, 0.2) is 0 Å². The summed E-state index contributed by atoms with van der Waals surface area (Å²) in [6.45, 7) is 1.14. The molecule has 0 amide bonds. The second kappa shape index (κ2) is 2.69. The van der Waals surface area contributed by atoms with E-state index in [2.05, 4.69) is 14.9 Å². The van der Waals surface area contributed by atoms with Crippen LogP contribution in [0.1, 0.15) is 19.3 Å². The number of hydrogen-bond acceptors (Lipinski definition) is 3. The molecule has 3 rings (SSSR count). The molecular formula is C10H13N3. The third-order valence-electron chi connectivity index (χ3n) is 3.07. The van der Waals surface area contributed by atoms with Crippen molar-refractivity contribution in [1.29, 1.82) is 0 Å². The van der Waals surface area contributed by atoms with Crippen LogP contribution < -0.4 is 4.90 Å². The molecule has 0 spiro atoms. The lowest BCUT2D eigenvalue weighted by atomic mass is 10.1. The lowest BCUT2D eigenvalue weighted by Gasteiger charge is -2.26. The Hall–Kier alpha value is -1.12. The lowest BCUT2D eigenvalue weighted by molar-refractivity contribution is 0.550. The minimum Gasteiger partial charge on any atom is -0.338 e. The highest BCUT2D eigenvalue weighted by atomic mass is 15.3. The van der Waals surface area contributed by atoms with Gasteiger partial charge in [-0.05, 0) is 31.2 Å². The van der Waals surface area contributed by atoms with Crippen LogP contribution in [0.15, 0.2) is 18.5 Å². The van der Waals surface area contributed by atoms with Crippen LogP contribution in [0, 0.1) is 5.92 Å². The Morgan fingerprint density at radius 3 is 3.00 bits per heavy atom. The van der Waals surface area contributed by atoms with Crippen LogP contribution in [0.5, 0.6) is 0 Å². The minimum atomic E-state index is 0.760. The van der Waals surface area contributed by atoms with Crippen molar-refractivity contribution in [3.8, 4) is 0 Å². The molecule has 1 aliphatic carbocycles. The summed E-state index contributed by atoms with van der Waals surface area (Å²) in [6.07, 6.45) is 7.73. The number of piperidine rings is 1. The zero-order valence-corrected chi connectivity index (χ0v) is 7.56. The summed E-state index contributed by atoms with van der Waals surface area (Å²) >= 11 is 0. The number of fused-ring (bicyclic) bond motifs is 1. The highest BCUT2D eigenvalue weighted by Crippen LogP contribution is 2.43. The number of anilines is 1. The minimum absolute atomic E-state index is 0.760. The molecule has 0 N–H and O–H groups in total. The third kappa shape index (κ3) is 1.19. The van der Waals surface area contributed by atoms with Gasteiger partial charge >= 0.3 is 0 Å². The van der Waals surface area contributed by atoms with E-state index in [-0.39, 0.29) is 0 Å². The molecule has 1 saturated carbocycles. The van der Waals surface area contributed by atoms with Crippen LogP contribution >= 0.6 is 0 Å². The van der Waals surface area contributed by atoms with Crippen molar-refractivity contribution in [2.24, 2.45) is 5.92 Å². The fourth-order valence-electron chi connectivity index (χ4n) is 2.30. The predicted molar refractivity (Wildman–Crippen MR) is 50.5 cm³/mol. The summed E-state index contributed by atoms with van der Waals surface area (Å²) in [5, 5.41) is 0. The monoisotopic (exact) mass is 175 g/mol. The molecule has 1 aliphatic heterocycles. The van der Waals surface area contributed by atoms with Crippen molar-refractivity contribution >= 4 is 5.95 Å². The van der Waals surface area contributed by atoms with Crippen molar-refractivity contribution in [1.82, 2.24) is 9.97 Å². The molecule has 2 aliphatic rings. The molecule has 13 heavy (non-hydrogen) atoms. The lowest BCUT2D eigenvalue weighted by Crippen LogP contribution is -2.32. The Bertz CT molecular complexity index is 298. The van der Waals surface area contributed by atoms with Crippen molar-refractivity contribution in [2.75, 3.05) is 11.4 Å². The molecule has 2 atom stereocenters. The summed E-state index contributed by atoms with van der Waals surface area (Å²) in [7, 11) is 0. The van der Waals surface area contributed by atoms with Crippen LogP contribution in [0.25, 0.3) is 0 Å². The van der Waals surface area contributed by atoms with E-state index in [1.165, 1.54) is 19.3 Å². The van der Waals surface area contributed by atoms with E-state index in [0.717, 1.165) is 24.5 Å². The Labute approximate surface area is 77.8 Å². The molecule has 0 aromatic carbocycles. The normalized spacial score (nSPS) is 31.2. The van der Waals surface area contributed by atoms with Gasteiger partial charge in [0, 0.05) is 25.0 Å². The predicted octanol–water partition coefficient (Wildman–Crippen LogP) is 1.47. The van der Waals surface area contributed by atoms with Gasteiger partial charge in [0.05, 0.1) is 0 Å². The zero-order chi connectivity index (χ0) is 8.67. The molecule has 0 bridgehead atoms. The van der Waals surface area contributed by atoms with Crippen LogP contribution in [0.4, 0.5) is 5.95 Å². The Morgan fingerprint density at radius 2 is 2.15 bits per heavy atom. The topological polar surface area (TPSA) is 29.0 Å². The average Bonchev–Trinajstić information content (AvgIpc) is 2.97. The summed E-state index contributed by atoms with van der Waals surface area (Å²) in [4.78, 5) is 11.0. The number of aromatic nitrogens is 2. The molecule has 1 aromatic rings. The molecular weight excluding hydrogens is 162 g/mol. The van der Waals surface area contributed by atoms with Crippen LogP contribution in [0.3, 0.4) is 0 Å². The third-order valence-corrected chi connectivity index (χ3v) is 3.07. The Morgan fingerprint density at radius 1 is 1.31 bits per heavy atom. The van der Waals surface area contributed by atoms with Gasteiger partial charge in [-0.3, -0.25) is 0 Å². The van der Waals surface area contributed by atoms with Gasteiger partial charge in [-0.2, -0.15) is 0 Å². The largest absolute Gasteiger partial charge is 0.338 e. The maximum absolute atomic E-state index is 4.29. The maximum Gasteiger partial charge on any atom is 0.225 e. The number of rotatable bonds is 1. The highest BCUT2D eigenvalue weighted by Gasteiger charge is 2.44. The van der Waals surface area contributed by atoms with Crippen LogP contribution in [-0.2, 0) is 0 Å². The first-order valence-corrected chi connectivity index (χ1v) is 4.99. The van der Waals surface area contributed by atoms with Crippen molar-refractivity contribution in [2.45, 2.75) is 25.3 Å². The molecule has 1 saturated heterocycles. The molecule has 68 valence electrons. The maximum atomic E-state index is 4.29. The fraction of sp³-hybridized carbons (Fsp3) is 0.600. The van der Waals surface area contributed by atoms with E-state index in [0.29, 0.717) is 0 Å². The second-order valence-corrected chi connectivity index (χ2v) is 3.95. The van der Waals surface area contributed by atoms with Gasteiger partial charge in [-0.25, -0.2) is 9.97 Å². The quantitative estimate of drug-likeness (QED) is 0.647. The van der Waals surface area contributed by atoms with Crippen LogP contribution in [0.2, 0.25) is 0 Å². The van der Waals surface area contributed by atoms with Crippen LogP contribution in [-0.4, -0.2) is 22.6 Å². The van der Waals surface area contributed by atoms with E-state index in [4.69, 9.17) is 0 Å². The number of nitrogens with zero attached hydrogens (tertiary/aromatic N) is 3. The molecule has 0 unspecified atom stereocenters. The molecule has 3 heteroatoms. The summed E-state index contributed by atoms with van der Waals surface area (Å²) in [6, 6.07) is 2.63.